The maximum Gasteiger partial charge on any atom is 0.576 e. The number of hydrogen-bond acceptors (Lipinski definition) is 3. The third kappa shape index (κ3) is 2.42. The van der Waals surface area contributed by atoms with Crippen LogP contribution in [0.25, 0.3) is 0 Å². The fourth-order valence-corrected chi connectivity index (χ4v) is 1.36. The van der Waals surface area contributed by atoms with Crippen molar-refractivity contribution in [3.05, 3.63) is 24.3 Å². The standard InChI is InChI=1S/C6H5BO2.C4H8O/c1-2-4-6-5(3-1)8-7-9-6;1-2-4-5-3-1/h1-4,7H;1-4H2. The highest BCUT2D eigenvalue weighted by molar-refractivity contribution is 6.22. The average Bonchev–Trinajstić information content (AvgIpc) is 2.92. The molecule has 0 unspecified atom stereocenters. The minimum Gasteiger partial charge on any atom is -0.526 e. The molecule has 0 aromatic heterocycles. The Kier molecular flexibility index (Phi) is 3.30. The SMILES string of the molecule is B1Oc2ccccc2O1.C1CCOC1. The number of hydrogen-bond donors (Lipinski definition) is 0. The van der Waals surface area contributed by atoms with Gasteiger partial charge in [-0.1, -0.05) is 12.1 Å². The van der Waals surface area contributed by atoms with Gasteiger partial charge in [0.15, 0.2) is 0 Å². The molecule has 2 aliphatic rings. The van der Waals surface area contributed by atoms with E-state index in [1.807, 2.05) is 24.3 Å². The van der Waals surface area contributed by atoms with E-state index in [2.05, 4.69) is 0 Å². The quantitative estimate of drug-likeness (QED) is 0.583. The summed E-state index contributed by atoms with van der Waals surface area (Å²) in [5, 5.41) is 0. The van der Waals surface area contributed by atoms with E-state index < -0.39 is 0 Å². The predicted octanol–water partition coefficient (Wildman–Crippen LogP) is 1.52. The highest BCUT2D eigenvalue weighted by atomic mass is 16.6. The van der Waals surface area contributed by atoms with Crippen LogP contribution < -0.4 is 9.31 Å². The van der Waals surface area contributed by atoms with E-state index in [4.69, 9.17) is 14.0 Å². The molecule has 0 N–H and O–H groups in total. The summed E-state index contributed by atoms with van der Waals surface area (Å²) in [6, 6.07) is 7.63. The second kappa shape index (κ2) is 4.91. The molecule has 0 atom stereocenters. The first-order chi connectivity index (χ1) is 6.97. The Morgan fingerprint density at radius 3 is 1.93 bits per heavy atom. The van der Waals surface area contributed by atoms with Crippen molar-refractivity contribution in [1.82, 2.24) is 0 Å². The third-order valence-corrected chi connectivity index (χ3v) is 2.11. The lowest BCUT2D eigenvalue weighted by molar-refractivity contribution is 0.198. The van der Waals surface area contributed by atoms with Gasteiger partial charge >= 0.3 is 7.69 Å². The van der Waals surface area contributed by atoms with Crippen molar-refractivity contribution in [2.75, 3.05) is 13.2 Å². The van der Waals surface area contributed by atoms with Gasteiger partial charge in [0.25, 0.3) is 0 Å². The molecular formula is C10H13BO3. The van der Waals surface area contributed by atoms with E-state index in [1.54, 1.807) is 0 Å². The Morgan fingerprint density at radius 2 is 1.50 bits per heavy atom. The van der Waals surface area contributed by atoms with Crippen molar-refractivity contribution in [1.29, 1.82) is 0 Å². The molecule has 1 aromatic carbocycles. The molecular weight excluding hydrogens is 179 g/mol. The van der Waals surface area contributed by atoms with E-state index >= 15 is 0 Å². The number of rotatable bonds is 0. The molecule has 2 heterocycles. The van der Waals surface area contributed by atoms with Crippen molar-refractivity contribution in [3.63, 3.8) is 0 Å². The van der Waals surface area contributed by atoms with Crippen LogP contribution in [0, 0.1) is 0 Å². The molecule has 2 aliphatic heterocycles. The van der Waals surface area contributed by atoms with Crippen molar-refractivity contribution in [2.24, 2.45) is 0 Å². The average molecular weight is 192 g/mol. The molecule has 4 heteroatoms. The highest BCUT2D eigenvalue weighted by Crippen LogP contribution is 2.29. The number of para-hydroxylation sites is 2. The van der Waals surface area contributed by atoms with Gasteiger partial charge in [-0.3, -0.25) is 0 Å². The zero-order valence-corrected chi connectivity index (χ0v) is 8.07. The van der Waals surface area contributed by atoms with Gasteiger partial charge in [-0.05, 0) is 25.0 Å². The van der Waals surface area contributed by atoms with Gasteiger partial charge in [-0.2, -0.15) is 0 Å². The first kappa shape index (κ1) is 9.40. The molecule has 74 valence electrons. The minimum atomic E-state index is 0.360. The van der Waals surface area contributed by atoms with Crippen LogP contribution in [0.4, 0.5) is 0 Å². The number of benzene rings is 1. The lowest BCUT2D eigenvalue weighted by Gasteiger charge is -1.92. The molecule has 3 rings (SSSR count). The Balaban J connectivity index is 0.000000128. The Hall–Kier alpha value is -1.16. The van der Waals surface area contributed by atoms with Gasteiger partial charge in [0.1, 0.15) is 11.5 Å². The molecule has 3 nitrogen and oxygen atoms in total. The van der Waals surface area contributed by atoms with Crippen LogP contribution in [0.1, 0.15) is 12.8 Å². The fraction of sp³-hybridized carbons (Fsp3) is 0.400. The van der Waals surface area contributed by atoms with Crippen molar-refractivity contribution in [2.45, 2.75) is 12.8 Å². The van der Waals surface area contributed by atoms with Gasteiger partial charge in [-0.25, -0.2) is 0 Å². The van der Waals surface area contributed by atoms with Gasteiger partial charge in [0, 0.05) is 13.2 Å². The van der Waals surface area contributed by atoms with Crippen LogP contribution in [0.3, 0.4) is 0 Å². The molecule has 1 aromatic rings. The molecule has 0 bridgehead atoms. The summed E-state index contributed by atoms with van der Waals surface area (Å²) >= 11 is 0. The van der Waals surface area contributed by atoms with Crippen LogP contribution in [-0.2, 0) is 4.74 Å². The molecule has 0 radical (unpaired) electrons. The van der Waals surface area contributed by atoms with Crippen molar-refractivity contribution < 1.29 is 14.0 Å². The topological polar surface area (TPSA) is 27.7 Å². The zero-order valence-electron chi connectivity index (χ0n) is 8.07. The predicted molar refractivity (Wildman–Crippen MR) is 54.9 cm³/mol. The van der Waals surface area contributed by atoms with E-state index in [1.165, 1.54) is 12.8 Å². The van der Waals surface area contributed by atoms with Crippen LogP contribution in [0.15, 0.2) is 24.3 Å². The second-order valence-corrected chi connectivity index (χ2v) is 3.17. The Bertz CT molecular complexity index is 256. The summed E-state index contributed by atoms with van der Waals surface area (Å²) in [5.41, 5.74) is 0. The monoisotopic (exact) mass is 192 g/mol. The molecule has 14 heavy (non-hydrogen) atoms. The van der Waals surface area contributed by atoms with Crippen molar-refractivity contribution in [3.8, 4) is 11.5 Å². The zero-order chi connectivity index (χ0) is 9.64. The summed E-state index contributed by atoms with van der Waals surface area (Å²) in [5.74, 6) is 1.69. The highest BCUT2D eigenvalue weighted by Gasteiger charge is 2.12. The summed E-state index contributed by atoms with van der Waals surface area (Å²) in [7, 11) is 0.360. The van der Waals surface area contributed by atoms with Crippen LogP contribution in [0.5, 0.6) is 11.5 Å². The largest absolute Gasteiger partial charge is 0.576 e. The van der Waals surface area contributed by atoms with E-state index in [0.29, 0.717) is 7.69 Å². The van der Waals surface area contributed by atoms with E-state index in [9.17, 15) is 0 Å². The maximum absolute atomic E-state index is 5.08. The number of fused-ring (bicyclic) bond motifs is 1. The van der Waals surface area contributed by atoms with Crippen LogP contribution >= 0.6 is 0 Å². The van der Waals surface area contributed by atoms with Crippen LogP contribution in [0.2, 0.25) is 0 Å². The van der Waals surface area contributed by atoms with Crippen molar-refractivity contribution >= 4 is 7.69 Å². The molecule has 1 saturated heterocycles. The summed E-state index contributed by atoms with van der Waals surface area (Å²) in [6.45, 7) is 2.00. The minimum absolute atomic E-state index is 0.360. The third-order valence-electron chi connectivity index (χ3n) is 2.11. The molecule has 0 aliphatic carbocycles. The van der Waals surface area contributed by atoms with Gasteiger partial charge in [0.2, 0.25) is 0 Å². The second-order valence-electron chi connectivity index (χ2n) is 3.17. The van der Waals surface area contributed by atoms with Gasteiger partial charge in [0.05, 0.1) is 0 Å². The van der Waals surface area contributed by atoms with Gasteiger partial charge in [-0.15, -0.1) is 0 Å². The summed E-state index contributed by atoms with van der Waals surface area (Å²) in [6.07, 6.45) is 2.56. The fourth-order valence-electron chi connectivity index (χ4n) is 1.36. The maximum atomic E-state index is 5.08. The normalized spacial score (nSPS) is 16.9. The van der Waals surface area contributed by atoms with E-state index in [-0.39, 0.29) is 0 Å². The molecule has 0 spiro atoms. The lowest BCUT2D eigenvalue weighted by atomic mass is 10.3. The smallest absolute Gasteiger partial charge is 0.526 e. The summed E-state index contributed by atoms with van der Waals surface area (Å²) < 4.78 is 15.1. The first-order valence-corrected chi connectivity index (χ1v) is 4.89. The molecule has 0 saturated carbocycles. The summed E-state index contributed by atoms with van der Waals surface area (Å²) in [4.78, 5) is 0. The molecule has 1 fully saturated rings. The Labute approximate surface area is 84.3 Å². The number of ether oxygens (including phenoxy) is 1. The van der Waals surface area contributed by atoms with Gasteiger partial charge < -0.3 is 14.0 Å². The lowest BCUT2D eigenvalue weighted by Crippen LogP contribution is -1.99. The Morgan fingerprint density at radius 1 is 0.929 bits per heavy atom. The molecule has 0 amide bonds. The van der Waals surface area contributed by atoms with Crippen LogP contribution in [-0.4, -0.2) is 20.9 Å². The first-order valence-electron chi connectivity index (χ1n) is 4.89. The van der Waals surface area contributed by atoms with E-state index in [0.717, 1.165) is 24.7 Å².